The maximum atomic E-state index is 12.8. The molecule has 3 rings (SSSR count). The van der Waals surface area contributed by atoms with Crippen LogP contribution in [0.5, 0.6) is 0 Å². The van der Waals surface area contributed by atoms with Crippen LogP contribution in [0.3, 0.4) is 0 Å². The summed E-state index contributed by atoms with van der Waals surface area (Å²) >= 11 is 0. The van der Waals surface area contributed by atoms with Crippen molar-refractivity contribution in [3.05, 3.63) is 33.9 Å². The van der Waals surface area contributed by atoms with Gasteiger partial charge >= 0.3 is 0 Å². The Balaban J connectivity index is 0.00000261. The normalized spacial score (nSPS) is 25.7. The van der Waals surface area contributed by atoms with Crippen LogP contribution in [0.1, 0.15) is 37.6 Å². The highest BCUT2D eigenvalue weighted by Crippen LogP contribution is 2.34. The van der Waals surface area contributed by atoms with Crippen LogP contribution in [0, 0.1) is 22.0 Å². The van der Waals surface area contributed by atoms with Crippen LogP contribution < -0.4 is 10.2 Å². The van der Waals surface area contributed by atoms with E-state index in [1.165, 1.54) is 6.07 Å². The van der Waals surface area contributed by atoms with Crippen LogP contribution in [0.4, 0.5) is 11.4 Å². The lowest BCUT2D eigenvalue weighted by molar-refractivity contribution is -0.384. The van der Waals surface area contributed by atoms with Gasteiger partial charge in [0.1, 0.15) is 5.69 Å². The summed E-state index contributed by atoms with van der Waals surface area (Å²) in [6.45, 7) is 10.0. The van der Waals surface area contributed by atoms with Crippen molar-refractivity contribution in [3.63, 3.8) is 0 Å². The first-order chi connectivity index (χ1) is 12.3. The fourth-order valence-corrected chi connectivity index (χ4v) is 4.23. The molecule has 3 unspecified atom stereocenters. The summed E-state index contributed by atoms with van der Waals surface area (Å²) < 4.78 is 0. The number of benzene rings is 1. The largest absolute Gasteiger partial charge is 0.365 e. The zero-order valence-corrected chi connectivity index (χ0v) is 17.0. The van der Waals surface area contributed by atoms with Gasteiger partial charge in [0.05, 0.1) is 4.92 Å². The van der Waals surface area contributed by atoms with Gasteiger partial charge in [0.25, 0.3) is 11.6 Å². The number of nitro groups is 1. The Morgan fingerprint density at radius 1 is 1.19 bits per heavy atom. The molecular weight excluding hydrogens is 368 g/mol. The van der Waals surface area contributed by atoms with Crippen molar-refractivity contribution in [1.82, 2.24) is 10.2 Å². The Morgan fingerprint density at radius 2 is 1.85 bits per heavy atom. The molecule has 2 fully saturated rings. The van der Waals surface area contributed by atoms with Crippen molar-refractivity contribution in [1.29, 1.82) is 0 Å². The number of carbonyl (C=O) groups excluding carboxylic acids is 1. The molecule has 1 N–H and O–H groups in total. The Morgan fingerprint density at radius 3 is 2.44 bits per heavy atom. The average molecular weight is 397 g/mol. The van der Waals surface area contributed by atoms with E-state index in [1.807, 2.05) is 6.92 Å². The zero-order chi connectivity index (χ0) is 18.8. The lowest BCUT2D eigenvalue weighted by Gasteiger charge is -2.36. The van der Waals surface area contributed by atoms with Gasteiger partial charge in [-0.25, -0.2) is 0 Å². The van der Waals surface area contributed by atoms with E-state index in [0.29, 0.717) is 36.2 Å². The molecule has 0 radical (unpaired) electrons. The number of nitro benzene ring substituents is 1. The van der Waals surface area contributed by atoms with Crippen molar-refractivity contribution in [2.75, 3.05) is 37.6 Å². The van der Waals surface area contributed by atoms with Crippen LogP contribution in [0.2, 0.25) is 0 Å². The first-order valence-corrected chi connectivity index (χ1v) is 9.41. The van der Waals surface area contributed by atoms with Gasteiger partial charge in [0.2, 0.25) is 0 Å². The van der Waals surface area contributed by atoms with Gasteiger partial charge in [0.15, 0.2) is 0 Å². The number of anilines is 1. The van der Waals surface area contributed by atoms with Gasteiger partial charge in [-0.1, -0.05) is 13.8 Å². The van der Waals surface area contributed by atoms with Crippen molar-refractivity contribution in [2.24, 2.45) is 11.8 Å². The molecule has 2 saturated heterocycles. The molecule has 2 aliphatic heterocycles. The number of amides is 1. The van der Waals surface area contributed by atoms with Crippen LogP contribution >= 0.6 is 12.4 Å². The number of hydrogen-bond donors (Lipinski definition) is 1. The number of hydrogen-bond acceptors (Lipinski definition) is 5. The number of piperidine rings is 1. The lowest BCUT2D eigenvalue weighted by Crippen LogP contribution is -2.51. The minimum Gasteiger partial charge on any atom is -0.365 e. The summed E-state index contributed by atoms with van der Waals surface area (Å²) in [5.74, 6) is 0.873. The quantitative estimate of drug-likeness (QED) is 0.627. The Bertz CT molecular complexity index is 690. The highest BCUT2D eigenvalue weighted by Gasteiger charge is 2.29. The van der Waals surface area contributed by atoms with E-state index in [9.17, 15) is 14.9 Å². The fraction of sp³-hybridized carbons (Fsp3) is 0.632. The van der Waals surface area contributed by atoms with Crippen molar-refractivity contribution < 1.29 is 9.72 Å². The van der Waals surface area contributed by atoms with E-state index in [2.05, 4.69) is 24.1 Å². The number of nitrogens with zero attached hydrogens (tertiary/aromatic N) is 3. The van der Waals surface area contributed by atoms with Crippen LogP contribution in [0.15, 0.2) is 18.2 Å². The summed E-state index contributed by atoms with van der Waals surface area (Å²) in [5, 5.41) is 15.0. The second-order valence-corrected chi connectivity index (χ2v) is 7.92. The van der Waals surface area contributed by atoms with Gasteiger partial charge < -0.3 is 15.1 Å². The van der Waals surface area contributed by atoms with Crippen LogP contribution in [0.25, 0.3) is 0 Å². The number of carbonyl (C=O) groups is 1. The maximum Gasteiger partial charge on any atom is 0.293 e. The van der Waals surface area contributed by atoms with Crippen LogP contribution in [-0.2, 0) is 0 Å². The minimum atomic E-state index is -0.365. The third-order valence-electron chi connectivity index (χ3n) is 5.28. The molecule has 2 aliphatic rings. The minimum absolute atomic E-state index is 0. The monoisotopic (exact) mass is 396 g/mol. The topological polar surface area (TPSA) is 78.7 Å². The van der Waals surface area contributed by atoms with Crippen LogP contribution in [-0.4, -0.2) is 54.5 Å². The highest BCUT2D eigenvalue weighted by atomic mass is 35.5. The molecule has 0 saturated carbocycles. The van der Waals surface area contributed by atoms with Crippen molar-refractivity contribution in [2.45, 2.75) is 33.2 Å². The average Bonchev–Trinajstić information content (AvgIpc) is 2.59. The molecule has 0 aliphatic carbocycles. The molecule has 7 nitrogen and oxygen atoms in total. The molecule has 3 atom stereocenters. The van der Waals surface area contributed by atoms with Gasteiger partial charge in [0, 0.05) is 50.4 Å². The number of rotatable bonds is 3. The van der Waals surface area contributed by atoms with E-state index in [-0.39, 0.29) is 35.0 Å². The summed E-state index contributed by atoms with van der Waals surface area (Å²) in [4.78, 5) is 27.9. The second-order valence-electron chi connectivity index (χ2n) is 7.92. The Hall–Kier alpha value is -1.86. The molecule has 1 amide bonds. The van der Waals surface area contributed by atoms with Crippen molar-refractivity contribution >= 4 is 29.7 Å². The molecule has 0 spiro atoms. The molecule has 2 heterocycles. The molecule has 150 valence electrons. The molecule has 0 aromatic heterocycles. The molecule has 1 aromatic rings. The lowest BCUT2D eigenvalue weighted by atomic mass is 9.91. The zero-order valence-electron chi connectivity index (χ0n) is 16.2. The maximum absolute atomic E-state index is 12.8. The smallest absolute Gasteiger partial charge is 0.293 e. The Labute approximate surface area is 166 Å². The summed E-state index contributed by atoms with van der Waals surface area (Å²) in [5.41, 5.74) is 1.05. The summed E-state index contributed by atoms with van der Waals surface area (Å²) in [7, 11) is 0. The fourth-order valence-electron chi connectivity index (χ4n) is 4.23. The van der Waals surface area contributed by atoms with Gasteiger partial charge in [-0.2, -0.15) is 0 Å². The number of halogens is 1. The third-order valence-corrected chi connectivity index (χ3v) is 5.28. The number of nitrogens with one attached hydrogen (secondary N) is 1. The van der Waals surface area contributed by atoms with Gasteiger partial charge in [-0.15, -0.1) is 12.4 Å². The van der Waals surface area contributed by atoms with E-state index in [4.69, 9.17) is 0 Å². The first kappa shape index (κ1) is 21.4. The SMILES string of the molecule is CC1CC(C)CN(c2ccc(C(=O)N3CCNC(C)C3)cc2[N+](=O)[O-])C1.Cl. The standard InChI is InChI=1S/C19H28N4O3.ClH/c1-13-8-14(2)11-22(10-13)17-5-4-16(9-18(17)23(25)26)19(24)21-7-6-20-15(3)12-21;/h4-5,9,13-15,20H,6-8,10-12H2,1-3H3;1H. The third kappa shape index (κ3) is 4.90. The molecule has 27 heavy (non-hydrogen) atoms. The van der Waals surface area contributed by atoms with Gasteiger partial charge in [-0.3, -0.25) is 14.9 Å². The van der Waals surface area contributed by atoms with E-state index in [1.54, 1.807) is 17.0 Å². The summed E-state index contributed by atoms with van der Waals surface area (Å²) in [6, 6.07) is 5.18. The predicted molar refractivity (Wildman–Crippen MR) is 109 cm³/mol. The predicted octanol–water partition coefficient (Wildman–Crippen LogP) is 2.93. The first-order valence-electron chi connectivity index (χ1n) is 9.41. The van der Waals surface area contributed by atoms with Gasteiger partial charge in [-0.05, 0) is 37.3 Å². The molecule has 0 bridgehead atoms. The Kier molecular flexibility index (Phi) is 7.06. The highest BCUT2D eigenvalue weighted by molar-refractivity contribution is 5.96. The molecule has 8 heteroatoms. The summed E-state index contributed by atoms with van der Waals surface area (Å²) in [6.07, 6.45) is 1.14. The van der Waals surface area contributed by atoms with E-state index < -0.39 is 0 Å². The second kappa shape index (κ2) is 8.89. The van der Waals surface area contributed by atoms with Crippen molar-refractivity contribution in [3.8, 4) is 0 Å². The molecule has 1 aromatic carbocycles. The molecular formula is C19H29ClN4O3. The van der Waals surface area contributed by atoms with E-state index in [0.717, 1.165) is 26.1 Å². The van der Waals surface area contributed by atoms with E-state index >= 15 is 0 Å². The number of piperazine rings is 1.